The molecule has 2 atom stereocenters. The molecule has 0 fully saturated rings. The fraction of sp³-hybridized carbons (Fsp3) is 0.562. The number of nitrogens with two attached hydrogens (primary N) is 1. The summed E-state index contributed by atoms with van der Waals surface area (Å²) in [5.41, 5.74) is 6.94. The molecule has 0 saturated carbocycles. The van der Waals surface area contributed by atoms with E-state index in [4.69, 9.17) is 5.73 Å². The Labute approximate surface area is 116 Å². The molecule has 1 rings (SSSR count). The van der Waals surface area contributed by atoms with Crippen LogP contribution in [0.5, 0.6) is 0 Å². The van der Waals surface area contributed by atoms with E-state index in [1.54, 1.807) is 0 Å². The fourth-order valence-corrected chi connectivity index (χ4v) is 2.21. The van der Waals surface area contributed by atoms with Gasteiger partial charge in [-0.3, -0.25) is 4.79 Å². The summed E-state index contributed by atoms with van der Waals surface area (Å²) in [6.07, 6.45) is 2.82. The third kappa shape index (κ3) is 5.43. The Bertz CT molecular complexity index is 364. The molecule has 3 nitrogen and oxygen atoms in total. The summed E-state index contributed by atoms with van der Waals surface area (Å²) in [4.78, 5) is 11.9. The van der Waals surface area contributed by atoms with Crippen molar-refractivity contribution < 1.29 is 4.79 Å². The largest absolute Gasteiger partial charge is 0.356 e. The van der Waals surface area contributed by atoms with Crippen molar-refractivity contribution >= 4 is 5.91 Å². The first-order chi connectivity index (χ1) is 9.19. The van der Waals surface area contributed by atoms with E-state index in [1.807, 2.05) is 6.07 Å². The molecule has 0 aliphatic heterocycles. The summed E-state index contributed by atoms with van der Waals surface area (Å²) in [6, 6.07) is 10.4. The Morgan fingerprint density at radius 3 is 2.53 bits per heavy atom. The second-order valence-corrected chi connectivity index (χ2v) is 5.11. The van der Waals surface area contributed by atoms with Crippen molar-refractivity contribution in [1.29, 1.82) is 0 Å². The average molecular weight is 262 g/mol. The van der Waals surface area contributed by atoms with Gasteiger partial charge in [-0.15, -0.1) is 0 Å². The second kappa shape index (κ2) is 8.70. The van der Waals surface area contributed by atoms with Crippen LogP contribution in [0.15, 0.2) is 30.3 Å². The van der Waals surface area contributed by atoms with E-state index in [-0.39, 0.29) is 11.8 Å². The van der Waals surface area contributed by atoms with Crippen molar-refractivity contribution in [3.8, 4) is 0 Å². The highest BCUT2D eigenvalue weighted by molar-refractivity contribution is 5.78. The summed E-state index contributed by atoms with van der Waals surface area (Å²) in [5, 5.41) is 3.00. The highest BCUT2D eigenvalue weighted by Crippen LogP contribution is 2.17. The van der Waals surface area contributed by atoms with Crippen molar-refractivity contribution in [1.82, 2.24) is 5.32 Å². The molecule has 19 heavy (non-hydrogen) atoms. The van der Waals surface area contributed by atoms with Gasteiger partial charge in [0.2, 0.25) is 5.91 Å². The van der Waals surface area contributed by atoms with Crippen molar-refractivity contribution in [2.75, 3.05) is 13.1 Å². The molecule has 0 bridgehead atoms. The van der Waals surface area contributed by atoms with E-state index >= 15 is 0 Å². The molecule has 3 heteroatoms. The molecular weight excluding hydrogens is 236 g/mol. The lowest BCUT2D eigenvalue weighted by atomic mass is 9.97. The third-order valence-electron chi connectivity index (χ3n) is 3.54. The number of amides is 1. The first kappa shape index (κ1) is 15.7. The lowest BCUT2D eigenvalue weighted by Gasteiger charge is -2.16. The summed E-state index contributed by atoms with van der Waals surface area (Å²) in [7, 11) is 0. The van der Waals surface area contributed by atoms with Crippen LogP contribution in [0.4, 0.5) is 0 Å². The standard InChI is InChI=1S/C16H26N2O/c1-3-7-15(12-17)16(19)18-11-10-13(2)14-8-5-4-6-9-14/h4-6,8-9,13,15H,3,7,10-12,17H2,1-2H3,(H,18,19). The topological polar surface area (TPSA) is 55.1 Å². The van der Waals surface area contributed by atoms with Gasteiger partial charge in [0.25, 0.3) is 0 Å². The van der Waals surface area contributed by atoms with Crippen molar-refractivity contribution in [2.45, 2.75) is 39.0 Å². The molecular formula is C16H26N2O. The predicted octanol–water partition coefficient (Wildman–Crippen LogP) is 2.67. The first-order valence-electron chi connectivity index (χ1n) is 7.21. The minimum Gasteiger partial charge on any atom is -0.356 e. The van der Waals surface area contributed by atoms with E-state index in [0.717, 1.165) is 25.8 Å². The smallest absolute Gasteiger partial charge is 0.224 e. The Morgan fingerprint density at radius 1 is 1.26 bits per heavy atom. The maximum atomic E-state index is 11.9. The molecule has 0 saturated heterocycles. The number of carbonyl (C=O) groups excluding carboxylic acids is 1. The zero-order chi connectivity index (χ0) is 14.1. The molecule has 0 heterocycles. The number of carbonyl (C=O) groups is 1. The Balaban J connectivity index is 2.32. The fourth-order valence-electron chi connectivity index (χ4n) is 2.21. The van der Waals surface area contributed by atoms with Crippen LogP contribution in [-0.2, 0) is 4.79 Å². The van der Waals surface area contributed by atoms with Gasteiger partial charge in [0, 0.05) is 13.1 Å². The number of benzene rings is 1. The van der Waals surface area contributed by atoms with Crippen LogP contribution in [0.3, 0.4) is 0 Å². The first-order valence-corrected chi connectivity index (χ1v) is 7.21. The summed E-state index contributed by atoms with van der Waals surface area (Å²) < 4.78 is 0. The molecule has 3 N–H and O–H groups in total. The average Bonchev–Trinajstić information content (AvgIpc) is 2.45. The Kier molecular flexibility index (Phi) is 7.19. The summed E-state index contributed by atoms with van der Waals surface area (Å²) >= 11 is 0. The summed E-state index contributed by atoms with van der Waals surface area (Å²) in [6.45, 7) is 5.42. The van der Waals surface area contributed by atoms with Crippen molar-refractivity contribution in [3.05, 3.63) is 35.9 Å². The molecule has 1 amide bonds. The Hall–Kier alpha value is -1.35. The zero-order valence-corrected chi connectivity index (χ0v) is 12.1. The van der Waals surface area contributed by atoms with Gasteiger partial charge in [-0.05, 0) is 24.3 Å². The minimum atomic E-state index is -0.0305. The van der Waals surface area contributed by atoms with Crippen LogP contribution in [0.1, 0.15) is 44.6 Å². The number of hydrogen-bond acceptors (Lipinski definition) is 2. The normalized spacial score (nSPS) is 13.8. The monoisotopic (exact) mass is 262 g/mol. The van der Waals surface area contributed by atoms with Gasteiger partial charge < -0.3 is 11.1 Å². The lowest BCUT2D eigenvalue weighted by Crippen LogP contribution is -2.35. The van der Waals surface area contributed by atoms with Crippen molar-refractivity contribution in [2.24, 2.45) is 11.7 Å². The van der Waals surface area contributed by atoms with Gasteiger partial charge in [0.1, 0.15) is 0 Å². The second-order valence-electron chi connectivity index (χ2n) is 5.11. The van der Waals surface area contributed by atoms with Gasteiger partial charge in [-0.25, -0.2) is 0 Å². The van der Waals surface area contributed by atoms with Gasteiger partial charge in [-0.2, -0.15) is 0 Å². The van der Waals surface area contributed by atoms with E-state index in [2.05, 4.69) is 43.4 Å². The van der Waals surface area contributed by atoms with Crippen LogP contribution in [0, 0.1) is 5.92 Å². The number of nitrogens with one attached hydrogen (secondary N) is 1. The lowest BCUT2D eigenvalue weighted by molar-refractivity contribution is -0.124. The van der Waals surface area contributed by atoms with Gasteiger partial charge in [-0.1, -0.05) is 50.6 Å². The van der Waals surface area contributed by atoms with Crippen LogP contribution in [-0.4, -0.2) is 19.0 Å². The van der Waals surface area contributed by atoms with Gasteiger partial charge >= 0.3 is 0 Å². The van der Waals surface area contributed by atoms with Crippen LogP contribution in [0.25, 0.3) is 0 Å². The molecule has 106 valence electrons. The zero-order valence-electron chi connectivity index (χ0n) is 12.1. The van der Waals surface area contributed by atoms with Crippen LogP contribution in [0.2, 0.25) is 0 Å². The van der Waals surface area contributed by atoms with E-state index in [0.29, 0.717) is 12.5 Å². The number of hydrogen-bond donors (Lipinski definition) is 2. The quantitative estimate of drug-likeness (QED) is 0.757. The SMILES string of the molecule is CCCC(CN)C(=O)NCCC(C)c1ccccc1. The van der Waals surface area contributed by atoms with E-state index in [9.17, 15) is 4.79 Å². The molecule has 1 aromatic rings. The van der Waals surface area contributed by atoms with E-state index < -0.39 is 0 Å². The minimum absolute atomic E-state index is 0.0305. The highest BCUT2D eigenvalue weighted by Gasteiger charge is 2.15. The van der Waals surface area contributed by atoms with Crippen LogP contribution >= 0.6 is 0 Å². The molecule has 0 spiro atoms. The van der Waals surface area contributed by atoms with Crippen LogP contribution < -0.4 is 11.1 Å². The molecule has 0 radical (unpaired) electrons. The summed E-state index contributed by atoms with van der Waals surface area (Å²) in [5.74, 6) is 0.533. The van der Waals surface area contributed by atoms with Gasteiger partial charge in [0.15, 0.2) is 0 Å². The number of rotatable bonds is 8. The van der Waals surface area contributed by atoms with E-state index in [1.165, 1.54) is 5.56 Å². The Morgan fingerprint density at radius 2 is 1.95 bits per heavy atom. The highest BCUT2D eigenvalue weighted by atomic mass is 16.1. The molecule has 0 aliphatic rings. The van der Waals surface area contributed by atoms with Gasteiger partial charge in [0.05, 0.1) is 5.92 Å². The predicted molar refractivity (Wildman–Crippen MR) is 79.9 cm³/mol. The maximum absolute atomic E-state index is 11.9. The van der Waals surface area contributed by atoms with Crippen molar-refractivity contribution in [3.63, 3.8) is 0 Å². The molecule has 1 aromatic carbocycles. The third-order valence-corrected chi connectivity index (χ3v) is 3.54. The molecule has 0 aliphatic carbocycles. The maximum Gasteiger partial charge on any atom is 0.224 e. The molecule has 2 unspecified atom stereocenters. The molecule has 0 aromatic heterocycles.